The monoisotopic (exact) mass is 510 g/mol. The van der Waals surface area contributed by atoms with Crippen molar-refractivity contribution in [2.45, 2.75) is 19.8 Å². The van der Waals surface area contributed by atoms with Gasteiger partial charge >= 0.3 is 5.97 Å². The number of hydrogen-bond acceptors (Lipinski definition) is 8. The highest BCUT2D eigenvalue weighted by atomic mass is 16.5. The van der Waals surface area contributed by atoms with Gasteiger partial charge in [0.15, 0.2) is 11.5 Å². The maximum atomic E-state index is 13.8. The van der Waals surface area contributed by atoms with Crippen molar-refractivity contribution in [1.82, 2.24) is 5.16 Å². The zero-order chi connectivity index (χ0) is 26.4. The molecule has 8 nitrogen and oxygen atoms in total. The zero-order valence-corrected chi connectivity index (χ0v) is 21.8. The highest BCUT2D eigenvalue weighted by Crippen LogP contribution is 2.46. The molecule has 0 atom stereocenters. The second-order valence-corrected chi connectivity index (χ2v) is 10.0. The van der Waals surface area contributed by atoms with Crippen molar-refractivity contribution in [3.63, 3.8) is 0 Å². The van der Waals surface area contributed by atoms with E-state index in [2.05, 4.69) is 15.4 Å². The van der Waals surface area contributed by atoms with E-state index in [0.717, 1.165) is 28.0 Å². The van der Waals surface area contributed by atoms with Gasteiger partial charge in [0.2, 0.25) is 0 Å². The van der Waals surface area contributed by atoms with E-state index in [9.17, 15) is 9.59 Å². The summed E-state index contributed by atoms with van der Waals surface area (Å²) in [5.74, 6) is 0.325. The van der Waals surface area contributed by atoms with E-state index >= 15 is 0 Å². The van der Waals surface area contributed by atoms with Gasteiger partial charge in [0.1, 0.15) is 5.52 Å². The predicted octanol–water partition coefficient (Wildman–Crippen LogP) is 5.63. The number of aromatic nitrogens is 1. The molecule has 1 N–H and O–H groups in total. The number of esters is 1. The molecule has 38 heavy (non-hydrogen) atoms. The van der Waals surface area contributed by atoms with E-state index in [1.165, 1.54) is 0 Å². The summed E-state index contributed by atoms with van der Waals surface area (Å²) in [5, 5.41) is 8.70. The number of anilines is 4. The number of nitrogens with one attached hydrogen (secondary N) is 1. The molecule has 1 aliphatic carbocycles. The minimum Gasteiger partial charge on any atom is -0.466 e. The van der Waals surface area contributed by atoms with Crippen LogP contribution in [0, 0.1) is 5.92 Å². The molecule has 2 aliphatic rings. The normalized spacial score (nSPS) is 14.9. The molecule has 2 heterocycles. The number of benzene rings is 3. The lowest BCUT2D eigenvalue weighted by molar-refractivity contribution is -0.148. The summed E-state index contributed by atoms with van der Waals surface area (Å²) in [6.07, 6.45) is 1.40. The third-order valence-electron chi connectivity index (χ3n) is 7.50. The molecule has 194 valence electrons. The third-order valence-corrected chi connectivity index (χ3v) is 7.50. The fourth-order valence-electron chi connectivity index (χ4n) is 5.50. The second-order valence-electron chi connectivity index (χ2n) is 10.0. The molecule has 6 rings (SSSR count). The van der Waals surface area contributed by atoms with Crippen LogP contribution in [0.2, 0.25) is 0 Å². The number of nitrogens with zero attached hydrogens (tertiary/aromatic N) is 3. The van der Waals surface area contributed by atoms with Crippen LogP contribution in [0.25, 0.3) is 22.2 Å². The first-order valence-electron chi connectivity index (χ1n) is 13.0. The zero-order valence-electron chi connectivity index (χ0n) is 21.8. The number of ketones is 1. The number of fused-ring (bicyclic) bond motifs is 2. The highest BCUT2D eigenvalue weighted by Gasteiger charge is 2.35. The van der Waals surface area contributed by atoms with Gasteiger partial charge in [-0.3, -0.25) is 9.59 Å². The van der Waals surface area contributed by atoms with Gasteiger partial charge in [-0.2, -0.15) is 0 Å². The van der Waals surface area contributed by atoms with Crippen molar-refractivity contribution in [3.05, 3.63) is 65.7 Å². The van der Waals surface area contributed by atoms with Crippen LogP contribution in [0.3, 0.4) is 0 Å². The summed E-state index contributed by atoms with van der Waals surface area (Å²) in [5.41, 5.74) is 6.16. The Bertz CT molecular complexity index is 1530. The van der Waals surface area contributed by atoms with Crippen molar-refractivity contribution in [2.75, 3.05) is 48.9 Å². The SMILES string of the molecule is CCOC(=O)C1CCN(c2cc(Nc3ccc(N(C)C)cc3)c3c4c(onc24)-c2ccccc2C3=O)CC1. The number of rotatable bonds is 6. The standard InChI is InChI=1S/C30H30N4O4/c1-4-37-30(36)18-13-15-34(16-14-18)24-17-23(31-19-9-11-20(12-10-19)33(2)3)25-26-27(24)32-38-29(26)22-8-6-5-7-21(22)28(25)35/h5-12,17-18,31H,4,13-16H2,1-3H3. The fraction of sp³-hybridized carbons (Fsp3) is 0.300. The van der Waals surface area contributed by atoms with Crippen LogP contribution in [0.15, 0.2) is 59.1 Å². The summed E-state index contributed by atoms with van der Waals surface area (Å²) in [6.45, 7) is 3.59. The maximum absolute atomic E-state index is 13.8. The Hall–Kier alpha value is -4.33. The van der Waals surface area contributed by atoms with E-state index in [1.54, 1.807) is 0 Å². The second kappa shape index (κ2) is 9.52. The minimum absolute atomic E-state index is 0.0544. The summed E-state index contributed by atoms with van der Waals surface area (Å²) in [6, 6.07) is 17.6. The topological polar surface area (TPSA) is 87.9 Å². The first kappa shape index (κ1) is 24.0. The molecule has 3 aromatic carbocycles. The maximum Gasteiger partial charge on any atom is 0.309 e. The number of hydrogen-bond donors (Lipinski definition) is 1. The molecule has 0 amide bonds. The minimum atomic E-state index is -0.128. The van der Waals surface area contributed by atoms with E-state index in [0.29, 0.717) is 60.6 Å². The Morgan fingerprint density at radius 3 is 2.50 bits per heavy atom. The Labute approximate surface area is 221 Å². The number of carbonyl (C=O) groups is 2. The molecule has 0 radical (unpaired) electrons. The lowest BCUT2D eigenvalue weighted by atomic mass is 9.86. The number of ether oxygens (including phenoxy) is 1. The van der Waals surface area contributed by atoms with Crippen molar-refractivity contribution in [3.8, 4) is 11.3 Å². The molecule has 0 unspecified atom stereocenters. The molecule has 1 aliphatic heterocycles. The molecule has 8 heteroatoms. The van der Waals surface area contributed by atoms with E-state index in [-0.39, 0.29) is 17.7 Å². The molecule has 4 aromatic rings. The summed E-state index contributed by atoms with van der Waals surface area (Å²) in [4.78, 5) is 30.4. The van der Waals surface area contributed by atoms with Gasteiger partial charge < -0.3 is 24.4 Å². The summed E-state index contributed by atoms with van der Waals surface area (Å²) >= 11 is 0. The van der Waals surface area contributed by atoms with Crippen LogP contribution in [-0.4, -0.2) is 50.7 Å². The van der Waals surface area contributed by atoms with Crippen molar-refractivity contribution in [1.29, 1.82) is 0 Å². The van der Waals surface area contributed by atoms with Crippen molar-refractivity contribution >= 4 is 45.4 Å². The smallest absolute Gasteiger partial charge is 0.309 e. The molecule has 1 aromatic heterocycles. The van der Waals surface area contributed by atoms with Gasteiger partial charge in [-0.15, -0.1) is 0 Å². The first-order chi connectivity index (χ1) is 18.5. The van der Waals surface area contributed by atoms with Crippen LogP contribution in [0.4, 0.5) is 22.7 Å². The molecular weight excluding hydrogens is 480 g/mol. The van der Waals surface area contributed by atoms with Crippen LogP contribution < -0.4 is 15.1 Å². The van der Waals surface area contributed by atoms with E-state index in [4.69, 9.17) is 9.26 Å². The van der Waals surface area contributed by atoms with Gasteiger partial charge in [0, 0.05) is 49.7 Å². The summed E-state index contributed by atoms with van der Waals surface area (Å²) < 4.78 is 11.2. The average Bonchev–Trinajstić information content (AvgIpc) is 3.38. The molecule has 1 saturated heterocycles. The average molecular weight is 511 g/mol. The van der Waals surface area contributed by atoms with E-state index < -0.39 is 0 Å². The van der Waals surface area contributed by atoms with Gasteiger partial charge in [-0.05, 0) is 50.1 Å². The lowest BCUT2D eigenvalue weighted by Crippen LogP contribution is -2.37. The van der Waals surface area contributed by atoms with E-state index in [1.807, 2.05) is 80.5 Å². The third kappa shape index (κ3) is 3.97. The molecule has 0 spiro atoms. The van der Waals surface area contributed by atoms with Gasteiger partial charge in [-0.25, -0.2) is 0 Å². The molecule has 1 fully saturated rings. The van der Waals surface area contributed by atoms with Crippen LogP contribution in [-0.2, 0) is 9.53 Å². The van der Waals surface area contributed by atoms with Crippen molar-refractivity contribution in [2.24, 2.45) is 5.92 Å². The largest absolute Gasteiger partial charge is 0.466 e. The Morgan fingerprint density at radius 2 is 1.82 bits per heavy atom. The number of piperidine rings is 1. The molecule has 0 saturated carbocycles. The van der Waals surface area contributed by atoms with Crippen molar-refractivity contribution < 1.29 is 18.8 Å². The number of carbonyl (C=O) groups excluding carboxylic acids is 2. The van der Waals surface area contributed by atoms with Gasteiger partial charge in [-0.1, -0.05) is 29.4 Å². The van der Waals surface area contributed by atoms with Gasteiger partial charge in [0.05, 0.1) is 34.8 Å². The Balaban J connectivity index is 1.45. The quantitative estimate of drug-likeness (QED) is 0.294. The first-order valence-corrected chi connectivity index (χ1v) is 13.0. The Kier molecular flexibility index (Phi) is 6.02. The highest BCUT2D eigenvalue weighted by molar-refractivity contribution is 6.28. The van der Waals surface area contributed by atoms with Crippen LogP contribution >= 0.6 is 0 Å². The van der Waals surface area contributed by atoms with Crippen LogP contribution in [0.1, 0.15) is 35.7 Å². The molecular formula is C30H30N4O4. The molecule has 0 bridgehead atoms. The van der Waals surface area contributed by atoms with Gasteiger partial charge in [0.25, 0.3) is 0 Å². The Morgan fingerprint density at radius 1 is 1.11 bits per heavy atom. The lowest BCUT2D eigenvalue weighted by Gasteiger charge is -2.33. The summed E-state index contributed by atoms with van der Waals surface area (Å²) in [7, 11) is 4.00. The predicted molar refractivity (Wildman–Crippen MR) is 148 cm³/mol. The fourth-order valence-corrected chi connectivity index (χ4v) is 5.50. The van der Waals surface area contributed by atoms with Crippen LogP contribution in [0.5, 0.6) is 0 Å².